The Bertz CT molecular complexity index is 828. The number of esters is 1. The minimum atomic E-state index is -0.505. The second-order valence-electron chi connectivity index (χ2n) is 4.58. The summed E-state index contributed by atoms with van der Waals surface area (Å²) in [5, 5.41) is 9.36. The number of hydrogen-bond acceptors (Lipinski definition) is 4. The van der Waals surface area contributed by atoms with E-state index in [1.54, 1.807) is 54.6 Å². The predicted molar refractivity (Wildman–Crippen MR) is 83.2 cm³/mol. The van der Waals surface area contributed by atoms with Crippen molar-refractivity contribution in [3.8, 4) is 6.07 Å². The van der Waals surface area contributed by atoms with Crippen molar-refractivity contribution in [2.45, 2.75) is 0 Å². The van der Waals surface area contributed by atoms with Crippen LogP contribution in [0, 0.1) is 11.3 Å². The topological polar surface area (TPSA) is 62.4 Å². The quantitative estimate of drug-likeness (QED) is 0.629. The van der Waals surface area contributed by atoms with Crippen molar-refractivity contribution in [1.82, 2.24) is 0 Å². The molecule has 1 aliphatic heterocycles. The average molecular weight is 309 g/mol. The molecular weight excluding hydrogens is 300 g/mol. The van der Waals surface area contributed by atoms with Gasteiger partial charge in [-0.05, 0) is 48.0 Å². The van der Waals surface area contributed by atoms with E-state index in [2.05, 4.69) is 4.99 Å². The van der Waals surface area contributed by atoms with Crippen molar-refractivity contribution in [3.05, 3.63) is 75.9 Å². The summed E-state index contributed by atoms with van der Waals surface area (Å²) >= 11 is 5.83. The fourth-order valence-electron chi connectivity index (χ4n) is 1.94. The molecule has 2 aromatic rings. The van der Waals surface area contributed by atoms with Gasteiger partial charge in [0.1, 0.15) is 0 Å². The molecule has 2 aromatic carbocycles. The maximum Gasteiger partial charge on any atom is 0.363 e. The van der Waals surface area contributed by atoms with E-state index in [1.165, 1.54) is 0 Å². The van der Waals surface area contributed by atoms with E-state index in [9.17, 15) is 4.79 Å². The van der Waals surface area contributed by atoms with Crippen LogP contribution in [-0.2, 0) is 9.53 Å². The number of hydrogen-bond donors (Lipinski definition) is 0. The van der Waals surface area contributed by atoms with Gasteiger partial charge in [-0.3, -0.25) is 0 Å². The first-order valence-electron chi connectivity index (χ1n) is 6.44. The van der Waals surface area contributed by atoms with Crippen molar-refractivity contribution < 1.29 is 9.53 Å². The third-order valence-corrected chi connectivity index (χ3v) is 3.31. The van der Waals surface area contributed by atoms with Gasteiger partial charge in [0.15, 0.2) is 5.70 Å². The van der Waals surface area contributed by atoms with E-state index in [4.69, 9.17) is 21.6 Å². The van der Waals surface area contributed by atoms with E-state index in [1.807, 2.05) is 6.07 Å². The van der Waals surface area contributed by atoms with Crippen LogP contribution < -0.4 is 0 Å². The van der Waals surface area contributed by atoms with E-state index in [-0.39, 0.29) is 11.6 Å². The Morgan fingerprint density at radius 1 is 1.09 bits per heavy atom. The summed E-state index contributed by atoms with van der Waals surface area (Å²) in [4.78, 5) is 16.1. The van der Waals surface area contributed by atoms with Gasteiger partial charge in [0.05, 0.1) is 11.6 Å². The van der Waals surface area contributed by atoms with Crippen LogP contribution in [0.1, 0.15) is 16.7 Å². The lowest BCUT2D eigenvalue weighted by molar-refractivity contribution is -0.129. The number of halogens is 1. The summed E-state index contributed by atoms with van der Waals surface area (Å²) in [6.45, 7) is 0. The first-order valence-corrected chi connectivity index (χ1v) is 6.82. The van der Waals surface area contributed by atoms with Crippen molar-refractivity contribution >= 4 is 29.5 Å². The van der Waals surface area contributed by atoms with Gasteiger partial charge < -0.3 is 4.74 Å². The van der Waals surface area contributed by atoms with Gasteiger partial charge in [-0.25, -0.2) is 9.79 Å². The van der Waals surface area contributed by atoms with Crippen molar-refractivity contribution in [2.24, 2.45) is 4.99 Å². The molecule has 0 bridgehead atoms. The number of cyclic esters (lactones) is 1. The molecule has 0 saturated heterocycles. The van der Waals surface area contributed by atoms with Crippen LogP contribution >= 0.6 is 11.6 Å². The highest BCUT2D eigenvalue weighted by Gasteiger charge is 2.23. The number of aliphatic imine (C=N–C) groups is 1. The lowest BCUT2D eigenvalue weighted by Gasteiger charge is -1.98. The summed E-state index contributed by atoms with van der Waals surface area (Å²) < 4.78 is 5.16. The van der Waals surface area contributed by atoms with E-state index < -0.39 is 5.97 Å². The zero-order chi connectivity index (χ0) is 15.5. The number of nitriles is 1. The molecule has 3 rings (SSSR count). The summed E-state index contributed by atoms with van der Waals surface area (Å²) in [6, 6.07) is 15.8. The monoisotopic (exact) mass is 308 g/mol. The zero-order valence-electron chi connectivity index (χ0n) is 11.3. The van der Waals surface area contributed by atoms with Gasteiger partial charge in [-0.1, -0.05) is 23.7 Å². The van der Waals surface area contributed by atoms with Crippen LogP contribution in [0.25, 0.3) is 6.08 Å². The second kappa shape index (κ2) is 5.84. The van der Waals surface area contributed by atoms with Gasteiger partial charge in [0, 0.05) is 10.6 Å². The highest BCUT2D eigenvalue weighted by molar-refractivity contribution is 6.30. The molecule has 0 spiro atoms. The molecule has 4 nitrogen and oxygen atoms in total. The summed E-state index contributed by atoms with van der Waals surface area (Å²) in [6.07, 6.45) is 1.62. The molecule has 0 aromatic heterocycles. The Labute approximate surface area is 131 Å². The molecule has 0 atom stereocenters. The highest BCUT2D eigenvalue weighted by Crippen LogP contribution is 2.20. The molecule has 0 N–H and O–H groups in total. The maximum absolute atomic E-state index is 11.9. The molecule has 0 amide bonds. The number of rotatable bonds is 2. The Kier molecular flexibility index (Phi) is 3.73. The van der Waals surface area contributed by atoms with Gasteiger partial charge >= 0.3 is 5.97 Å². The Balaban J connectivity index is 1.90. The Hall–Kier alpha value is -2.90. The molecule has 106 valence electrons. The molecule has 0 aliphatic carbocycles. The van der Waals surface area contributed by atoms with Crippen LogP contribution in [-0.4, -0.2) is 11.9 Å². The van der Waals surface area contributed by atoms with Gasteiger partial charge in [0.2, 0.25) is 5.90 Å². The predicted octanol–water partition coefficient (Wildman–Crippen LogP) is 3.56. The zero-order valence-corrected chi connectivity index (χ0v) is 12.0. The largest absolute Gasteiger partial charge is 0.402 e. The van der Waals surface area contributed by atoms with Crippen LogP contribution in [0.4, 0.5) is 0 Å². The fraction of sp³-hybridized carbons (Fsp3) is 0. The molecule has 0 unspecified atom stereocenters. The maximum atomic E-state index is 11.9. The number of ether oxygens (including phenoxy) is 1. The first kappa shape index (κ1) is 14.1. The van der Waals surface area contributed by atoms with E-state index >= 15 is 0 Å². The minimum Gasteiger partial charge on any atom is -0.402 e. The molecule has 0 saturated carbocycles. The lowest BCUT2D eigenvalue weighted by Crippen LogP contribution is -2.05. The minimum absolute atomic E-state index is 0.217. The molecule has 22 heavy (non-hydrogen) atoms. The molecular formula is C17H9ClN2O2. The smallest absolute Gasteiger partial charge is 0.363 e. The summed E-state index contributed by atoms with van der Waals surface area (Å²) in [7, 11) is 0. The first-order chi connectivity index (χ1) is 10.7. The van der Waals surface area contributed by atoms with Crippen molar-refractivity contribution in [2.75, 3.05) is 0 Å². The second-order valence-corrected chi connectivity index (χ2v) is 5.01. The molecule has 5 heteroatoms. The number of nitrogens with zero attached hydrogens (tertiary/aromatic N) is 2. The van der Waals surface area contributed by atoms with Gasteiger partial charge in [-0.2, -0.15) is 5.26 Å². The standard InChI is InChI=1S/C17H9ClN2O2/c18-14-7-5-13(6-8-14)16-20-15(17(21)22-16)9-11-1-3-12(10-19)4-2-11/h1-9H. The molecule has 1 aliphatic rings. The average Bonchev–Trinajstić information content (AvgIpc) is 2.90. The molecule has 1 heterocycles. The fourth-order valence-corrected chi connectivity index (χ4v) is 2.06. The van der Waals surface area contributed by atoms with Gasteiger partial charge in [-0.15, -0.1) is 0 Å². The van der Waals surface area contributed by atoms with Crippen molar-refractivity contribution in [1.29, 1.82) is 5.26 Å². The number of carbonyl (C=O) groups excluding carboxylic acids is 1. The number of carbonyl (C=O) groups is 1. The lowest BCUT2D eigenvalue weighted by atomic mass is 10.1. The summed E-state index contributed by atoms with van der Waals surface area (Å²) in [5.74, 6) is -0.254. The van der Waals surface area contributed by atoms with Crippen LogP contribution in [0.3, 0.4) is 0 Å². The van der Waals surface area contributed by atoms with Crippen LogP contribution in [0.2, 0.25) is 5.02 Å². The number of benzene rings is 2. The van der Waals surface area contributed by atoms with E-state index in [0.717, 1.165) is 5.56 Å². The Morgan fingerprint density at radius 2 is 1.77 bits per heavy atom. The van der Waals surface area contributed by atoms with Crippen LogP contribution in [0.15, 0.2) is 59.2 Å². The van der Waals surface area contributed by atoms with Crippen LogP contribution in [0.5, 0.6) is 0 Å². The van der Waals surface area contributed by atoms with Crippen molar-refractivity contribution in [3.63, 3.8) is 0 Å². The SMILES string of the molecule is N#Cc1ccc(C=C2N=C(c3ccc(Cl)cc3)OC2=O)cc1. The highest BCUT2D eigenvalue weighted by atomic mass is 35.5. The third-order valence-electron chi connectivity index (χ3n) is 3.05. The molecule has 0 radical (unpaired) electrons. The third kappa shape index (κ3) is 2.90. The summed E-state index contributed by atoms with van der Waals surface area (Å²) in [5.41, 5.74) is 2.23. The van der Waals surface area contributed by atoms with E-state index in [0.29, 0.717) is 16.1 Å². The normalized spacial score (nSPS) is 15.4. The van der Waals surface area contributed by atoms with Gasteiger partial charge in [0.25, 0.3) is 0 Å². The Morgan fingerprint density at radius 3 is 2.41 bits per heavy atom. The molecule has 0 fully saturated rings.